The lowest BCUT2D eigenvalue weighted by Gasteiger charge is -2.16. The van der Waals surface area contributed by atoms with Crippen LogP contribution in [0.3, 0.4) is 0 Å². The molecule has 17 heavy (non-hydrogen) atoms. The van der Waals surface area contributed by atoms with Gasteiger partial charge in [-0.1, -0.05) is 12.1 Å². The Bertz CT molecular complexity index is 425. The number of carbonyl (C=O) groups excluding carboxylic acids is 1. The summed E-state index contributed by atoms with van der Waals surface area (Å²) in [5, 5.41) is 1.32. The molecule has 1 amide bonds. The highest BCUT2D eigenvalue weighted by Crippen LogP contribution is 2.27. The van der Waals surface area contributed by atoms with Gasteiger partial charge in [0, 0.05) is 4.47 Å². The predicted molar refractivity (Wildman–Crippen MR) is 66.2 cm³/mol. The molecule has 6 heteroatoms. The van der Waals surface area contributed by atoms with Crippen molar-refractivity contribution in [2.75, 3.05) is 5.01 Å². The molecular weight excluding hydrogens is 288 g/mol. The van der Waals surface area contributed by atoms with Gasteiger partial charge in [0.05, 0.1) is 11.8 Å². The number of cyclic esters (lactones) is 1. The van der Waals surface area contributed by atoms with E-state index in [4.69, 9.17) is 9.47 Å². The minimum absolute atomic E-state index is 0.0283. The number of hydrogen-bond acceptors (Lipinski definition) is 4. The number of rotatable bonds is 3. The van der Waals surface area contributed by atoms with Crippen LogP contribution in [0.5, 0.6) is 0 Å². The Hall–Kier alpha value is -1.11. The topological polar surface area (TPSA) is 50.8 Å². The Morgan fingerprint density at radius 2 is 2.18 bits per heavy atom. The Morgan fingerprint density at radius 1 is 1.47 bits per heavy atom. The molecule has 1 aliphatic heterocycles. The molecule has 2 rings (SSSR count). The number of carbonyl (C=O) groups is 1. The smallest absolute Gasteiger partial charge is 0.402 e. The van der Waals surface area contributed by atoms with Crippen LogP contribution in [0, 0.1) is 0 Å². The standard InChI is InChI=1S/C11H13BrN2O3/c1-7(2)16-10-13-14(11(15)17-10)9-6-4-3-5-8(9)12/h3-7,10,13H,1-2H3. The summed E-state index contributed by atoms with van der Waals surface area (Å²) in [6.45, 7) is 3.74. The van der Waals surface area contributed by atoms with Gasteiger partial charge in [0.2, 0.25) is 0 Å². The number of nitrogens with one attached hydrogen (secondary N) is 1. The average Bonchev–Trinajstić information content (AvgIpc) is 2.59. The molecular formula is C11H13BrN2O3. The van der Waals surface area contributed by atoms with Gasteiger partial charge >= 0.3 is 6.09 Å². The van der Waals surface area contributed by atoms with Crippen LogP contribution in [-0.2, 0) is 9.47 Å². The number of nitrogens with zero attached hydrogens (tertiary/aromatic N) is 1. The lowest BCUT2D eigenvalue weighted by molar-refractivity contribution is -0.122. The summed E-state index contributed by atoms with van der Waals surface area (Å²) < 4.78 is 11.2. The van der Waals surface area contributed by atoms with E-state index < -0.39 is 12.5 Å². The zero-order chi connectivity index (χ0) is 12.4. The number of halogens is 1. The molecule has 0 aliphatic carbocycles. The van der Waals surface area contributed by atoms with E-state index in [1.165, 1.54) is 5.01 Å². The molecule has 1 aromatic rings. The first-order valence-corrected chi connectivity index (χ1v) is 6.04. The van der Waals surface area contributed by atoms with E-state index in [0.717, 1.165) is 4.47 Å². The maximum absolute atomic E-state index is 11.7. The van der Waals surface area contributed by atoms with Crippen LogP contribution in [0.2, 0.25) is 0 Å². The molecule has 1 N–H and O–H groups in total. The molecule has 1 atom stereocenters. The zero-order valence-electron chi connectivity index (χ0n) is 9.51. The van der Waals surface area contributed by atoms with E-state index in [-0.39, 0.29) is 6.10 Å². The number of hydrazine groups is 1. The molecule has 0 saturated carbocycles. The minimum atomic E-state index is -0.741. The van der Waals surface area contributed by atoms with Crippen molar-refractivity contribution in [1.29, 1.82) is 0 Å². The molecule has 1 aliphatic rings. The van der Waals surface area contributed by atoms with Crippen LogP contribution in [0.4, 0.5) is 10.5 Å². The monoisotopic (exact) mass is 300 g/mol. The first kappa shape index (κ1) is 12.3. The van der Waals surface area contributed by atoms with Gasteiger partial charge in [-0.3, -0.25) is 0 Å². The van der Waals surface area contributed by atoms with Crippen molar-refractivity contribution in [3.63, 3.8) is 0 Å². The largest absolute Gasteiger partial charge is 0.432 e. The van der Waals surface area contributed by atoms with Gasteiger partial charge in [-0.2, -0.15) is 5.43 Å². The fourth-order valence-corrected chi connectivity index (χ4v) is 1.90. The number of benzene rings is 1. The fourth-order valence-electron chi connectivity index (χ4n) is 1.44. The predicted octanol–water partition coefficient (Wildman–Crippen LogP) is 2.62. The minimum Gasteiger partial charge on any atom is -0.402 e. The molecule has 1 aromatic carbocycles. The third kappa shape index (κ3) is 2.77. The summed E-state index contributed by atoms with van der Waals surface area (Å²) in [6, 6.07) is 7.36. The summed E-state index contributed by atoms with van der Waals surface area (Å²) in [4.78, 5) is 11.7. The van der Waals surface area contributed by atoms with E-state index in [2.05, 4.69) is 21.4 Å². The van der Waals surface area contributed by atoms with Crippen LogP contribution < -0.4 is 10.4 Å². The van der Waals surface area contributed by atoms with E-state index in [1.807, 2.05) is 32.0 Å². The zero-order valence-corrected chi connectivity index (χ0v) is 11.1. The van der Waals surface area contributed by atoms with Gasteiger partial charge < -0.3 is 9.47 Å². The number of amides is 1. The number of hydrogen-bond donors (Lipinski definition) is 1. The Morgan fingerprint density at radius 3 is 2.82 bits per heavy atom. The Balaban J connectivity index is 2.13. The normalized spacial score (nSPS) is 19.9. The molecule has 0 spiro atoms. The lowest BCUT2D eigenvalue weighted by Crippen LogP contribution is -2.39. The van der Waals surface area contributed by atoms with Crippen LogP contribution in [0.25, 0.3) is 0 Å². The van der Waals surface area contributed by atoms with Gasteiger partial charge in [-0.05, 0) is 41.9 Å². The van der Waals surface area contributed by atoms with Crippen molar-refractivity contribution in [3.8, 4) is 0 Å². The molecule has 1 saturated heterocycles. The second-order valence-corrected chi connectivity index (χ2v) is 4.67. The Labute approximate surface area is 108 Å². The molecule has 5 nitrogen and oxygen atoms in total. The van der Waals surface area contributed by atoms with Gasteiger partial charge in [0.15, 0.2) is 0 Å². The number of anilines is 1. The average molecular weight is 301 g/mol. The van der Waals surface area contributed by atoms with Crippen molar-refractivity contribution in [2.24, 2.45) is 0 Å². The second kappa shape index (κ2) is 5.03. The third-order valence-electron chi connectivity index (χ3n) is 2.11. The van der Waals surface area contributed by atoms with Crippen LogP contribution >= 0.6 is 15.9 Å². The number of ether oxygens (including phenoxy) is 2. The van der Waals surface area contributed by atoms with Gasteiger partial charge in [-0.15, -0.1) is 0 Å². The van der Waals surface area contributed by atoms with E-state index in [1.54, 1.807) is 6.07 Å². The molecule has 0 bridgehead atoms. The van der Waals surface area contributed by atoms with Crippen LogP contribution in [-0.4, -0.2) is 18.6 Å². The summed E-state index contributed by atoms with van der Waals surface area (Å²) in [7, 11) is 0. The SMILES string of the molecule is CC(C)OC1NN(c2ccccc2Br)C(=O)O1. The van der Waals surface area contributed by atoms with Crippen molar-refractivity contribution in [1.82, 2.24) is 5.43 Å². The van der Waals surface area contributed by atoms with Gasteiger partial charge in [0.25, 0.3) is 6.41 Å². The van der Waals surface area contributed by atoms with Crippen molar-refractivity contribution in [2.45, 2.75) is 26.4 Å². The summed E-state index contributed by atoms with van der Waals surface area (Å²) in [6.07, 6.45) is -1.25. The molecule has 0 aromatic heterocycles. The van der Waals surface area contributed by atoms with Crippen LogP contribution in [0.1, 0.15) is 13.8 Å². The maximum atomic E-state index is 11.7. The first-order valence-electron chi connectivity index (χ1n) is 5.25. The van der Waals surface area contributed by atoms with E-state index in [9.17, 15) is 4.79 Å². The molecule has 1 heterocycles. The molecule has 1 fully saturated rings. The number of para-hydroxylation sites is 1. The van der Waals surface area contributed by atoms with Crippen LogP contribution in [0.15, 0.2) is 28.7 Å². The lowest BCUT2D eigenvalue weighted by atomic mass is 10.3. The van der Waals surface area contributed by atoms with Crippen molar-refractivity contribution < 1.29 is 14.3 Å². The molecule has 92 valence electrons. The summed E-state index contributed by atoms with van der Waals surface area (Å²) in [5.41, 5.74) is 3.53. The highest BCUT2D eigenvalue weighted by Gasteiger charge is 2.33. The Kier molecular flexibility index (Phi) is 3.66. The maximum Gasteiger partial charge on any atom is 0.432 e. The van der Waals surface area contributed by atoms with Gasteiger partial charge in [0.1, 0.15) is 0 Å². The van der Waals surface area contributed by atoms with Gasteiger partial charge in [-0.25, -0.2) is 9.80 Å². The molecule has 1 unspecified atom stereocenters. The first-order chi connectivity index (χ1) is 8.08. The molecule has 0 radical (unpaired) electrons. The van der Waals surface area contributed by atoms with E-state index >= 15 is 0 Å². The quantitative estimate of drug-likeness (QED) is 0.932. The highest BCUT2D eigenvalue weighted by atomic mass is 79.9. The highest BCUT2D eigenvalue weighted by molar-refractivity contribution is 9.10. The fraction of sp³-hybridized carbons (Fsp3) is 0.364. The van der Waals surface area contributed by atoms with E-state index in [0.29, 0.717) is 5.69 Å². The second-order valence-electron chi connectivity index (χ2n) is 3.82. The summed E-state index contributed by atoms with van der Waals surface area (Å²) >= 11 is 3.37. The third-order valence-corrected chi connectivity index (χ3v) is 2.78. The van der Waals surface area contributed by atoms with Crippen molar-refractivity contribution >= 4 is 27.7 Å². The van der Waals surface area contributed by atoms with Crippen molar-refractivity contribution in [3.05, 3.63) is 28.7 Å². The summed E-state index contributed by atoms with van der Waals surface area (Å²) in [5.74, 6) is 0.